The first-order chi connectivity index (χ1) is 43.6. The number of carbonyl (C=O) groups is 9. The second-order valence-corrected chi connectivity index (χ2v) is 26.6. The smallest absolute Gasteiger partial charge is 0.410 e. The van der Waals surface area contributed by atoms with Crippen LogP contribution in [0.1, 0.15) is 154 Å². The fraction of sp³-hybridized carbons (Fsp3) is 0.594. The van der Waals surface area contributed by atoms with Gasteiger partial charge in [-0.2, -0.15) is 0 Å². The van der Waals surface area contributed by atoms with Crippen LogP contribution in [0.2, 0.25) is 0 Å². The number of hydrogen-bond acceptors (Lipinski definition) is 15. The monoisotopic (exact) mass is 1490 g/mol. The van der Waals surface area contributed by atoms with Gasteiger partial charge in [-0.05, 0) is 119 Å². The first-order valence-corrected chi connectivity index (χ1v) is 30.9. The molecule has 2 aliphatic carbocycles. The zero-order valence-corrected chi connectivity index (χ0v) is 56.4. The molecule has 23 nitrogen and oxygen atoms in total. The summed E-state index contributed by atoms with van der Waals surface area (Å²) in [5.41, 5.74) is -1.77. The van der Waals surface area contributed by atoms with Gasteiger partial charge >= 0.3 is 36.3 Å². The summed E-state index contributed by atoms with van der Waals surface area (Å²) in [7, 11) is 0.500. The number of fused-ring (bicyclic) bond motifs is 6. The average molecular weight is 1490 g/mol. The second-order valence-electron chi connectivity index (χ2n) is 26.6. The minimum Gasteiger partial charge on any atom is -0.479 e. The maximum Gasteiger partial charge on any atom is 0.410 e. The molecule has 0 aromatic heterocycles. The van der Waals surface area contributed by atoms with E-state index in [2.05, 4.69) is 22.0 Å². The van der Waals surface area contributed by atoms with E-state index in [-0.39, 0.29) is 120 Å². The van der Waals surface area contributed by atoms with Gasteiger partial charge in [0.1, 0.15) is 64.8 Å². The molecular weight excluding hydrogens is 1410 g/mol. The van der Waals surface area contributed by atoms with Gasteiger partial charge in [-0.1, -0.05) is 74.3 Å². The third kappa shape index (κ3) is 16.3. The van der Waals surface area contributed by atoms with Gasteiger partial charge in [-0.3, -0.25) is 24.2 Å². The fourth-order valence-corrected chi connectivity index (χ4v) is 12.8. The van der Waals surface area contributed by atoms with Gasteiger partial charge in [-0.15, -0.1) is 0 Å². The van der Waals surface area contributed by atoms with E-state index >= 15 is 0 Å². The van der Waals surface area contributed by atoms with Crippen LogP contribution in [0.25, 0.3) is 0 Å². The Kier molecular flexibility index (Phi) is 20.9. The van der Waals surface area contributed by atoms with E-state index in [1.807, 2.05) is 18.2 Å². The summed E-state index contributed by atoms with van der Waals surface area (Å²) < 4.78 is 68.2. The molecule has 7 aliphatic heterocycles. The van der Waals surface area contributed by atoms with Crippen LogP contribution in [0.4, 0.5) is 28.0 Å². The largest absolute Gasteiger partial charge is 0.479 e. The number of carboxylic acids is 1. The van der Waals surface area contributed by atoms with Gasteiger partial charge in [0.2, 0.25) is 23.6 Å². The summed E-state index contributed by atoms with van der Waals surface area (Å²) in [4.78, 5) is 129. The van der Waals surface area contributed by atoms with Crippen molar-refractivity contribution in [2.24, 2.45) is 16.8 Å². The van der Waals surface area contributed by atoms with Crippen LogP contribution >= 0.6 is 0 Å². The molecule has 4 fully saturated rings. The predicted molar refractivity (Wildman–Crippen MR) is 322 cm³/mol. The molecule has 2 saturated heterocycles. The fourth-order valence-electron chi connectivity index (χ4n) is 12.8. The Bertz CT molecular complexity index is 3280. The van der Waals surface area contributed by atoms with E-state index in [0.29, 0.717) is 50.7 Å². The number of esters is 1. The average Bonchev–Trinajstić information content (AvgIpc) is 1.56. The number of alkyl carbamates (subject to hydrolysis) is 2. The van der Waals surface area contributed by atoms with Crippen molar-refractivity contribution in [1.29, 1.82) is 2.67 Å². The molecule has 2 bridgehead atoms. The first kappa shape index (κ1) is 66.9. The van der Waals surface area contributed by atoms with Gasteiger partial charge in [0.25, 0.3) is 0 Å². The number of allylic oxidation sites excluding steroid dienone is 2. The number of nitrogens with one attached hydrogen (secondary N) is 3. The Morgan fingerprint density at radius 3 is 1.64 bits per heavy atom. The van der Waals surface area contributed by atoms with Crippen LogP contribution in [0.15, 0.2) is 65.7 Å². The van der Waals surface area contributed by atoms with Crippen LogP contribution in [0.5, 0.6) is 0 Å². The number of halogens is 2. The van der Waals surface area contributed by atoms with Crippen molar-refractivity contribution in [3.8, 4) is 0 Å². The van der Waals surface area contributed by atoms with Crippen LogP contribution in [-0.2, 0) is 73.8 Å². The van der Waals surface area contributed by atoms with Crippen molar-refractivity contribution in [3.05, 3.63) is 94.6 Å². The first-order valence-electron chi connectivity index (χ1n) is 32.1. The minimum absolute atomic E-state index is 0. The summed E-state index contributed by atoms with van der Waals surface area (Å²) in [6.07, 6.45) is 11.1. The summed E-state index contributed by atoms with van der Waals surface area (Å²) in [5.74, 6) is -4.35. The van der Waals surface area contributed by atoms with Gasteiger partial charge in [0, 0.05) is 80.0 Å². The molecule has 2 aromatic rings. The van der Waals surface area contributed by atoms with Gasteiger partial charge in [-0.25, -0.2) is 42.5 Å². The minimum atomic E-state index is -1.49. The predicted octanol–water partition coefficient (Wildman–Crippen LogP) is 7.08. The Balaban J connectivity index is 0.000000227. The standard InChI is InChI=1S/C32H41FN4O8.C32H39FN4O7.BH2.U/c1-31(2,3)45-29(42)34-24-13-8-6-4-5-7-11-20-15-32(20,28(40)41)35-26(38)25-14-21(17-37(25)27(24)39)44-30(43)36-16-19-10-9-12-23(33)22(19)18-36;1-31(2,3)44-29(40)34-24-13-8-6-4-5-7-11-20-15-32(20)28(39)43-26(35-32)25-14-21(17-37(25)27(24)38)42-30(41)36-16-19-10-9-12-23(33)22(19)18-36;;/h7,9-12,20-21,24-25H,4-6,8,13-18H2,1-3H3,(H,34,42)(H,35,38)(H,40,41);7,9-12,20-21,24-25H,4-6,8,13-18H2,1-3H3,(H,34,40);1H2;/b2*11-7-;;/t2*20-,21-,24+,25+,32-;;/m11../s1/i;;1T2;. The van der Waals surface area contributed by atoms with E-state index in [0.717, 1.165) is 44.1 Å². The van der Waals surface area contributed by atoms with Crippen LogP contribution in [0.3, 0.4) is 0 Å². The third-order valence-electron chi connectivity index (χ3n) is 17.6. The Morgan fingerprint density at radius 1 is 0.692 bits per heavy atom. The number of carboxylic acid groups (broad SMARTS) is 1. The number of carbonyl (C=O) groups excluding carboxylic acids is 8. The molecule has 11 rings (SSSR count). The Morgan fingerprint density at radius 2 is 1.16 bits per heavy atom. The van der Waals surface area contributed by atoms with Crippen LogP contribution in [-0.4, -0.2) is 167 Å². The normalized spacial score (nSPS) is 29.4. The molecule has 4 N–H and O–H groups in total. The van der Waals surface area contributed by atoms with Crippen LogP contribution < -0.4 is 16.0 Å². The quantitative estimate of drug-likeness (QED) is 0.101. The molecule has 7 amide bonds. The second kappa shape index (κ2) is 28.5. The molecule has 0 unspecified atom stereocenters. The number of amides is 7. The van der Waals surface area contributed by atoms with Crippen LogP contribution in [0, 0.1) is 54.6 Å². The summed E-state index contributed by atoms with van der Waals surface area (Å²) in [5, 5.41) is 18.1. The SMILES string of the molecule is CC(C)(C)OC(=O)N[C@H]1CCCCC/C=C\[C@@H]2C[C@@]2(C(=O)O)NC(=O)[C@@H]2C[C@@H](OC(=O)N3Cc4cccc(F)c4C3)CN2C1=O.CC(C)(C)OC(=O)N[C@H]1CCCCC/C=C\[C@@H]2C[C@@]23N=C(OC3=O)[C@@H]2C[C@@H](OC(=O)N3Cc4cccc(F)c4C3)CN2C1=O.[3H][B][3H].[U]. The molecular formula is C64H82BF2N8O15U. The zero-order valence-electron chi connectivity index (χ0n) is 54.3. The molecule has 9 aliphatic rings. The molecule has 7 heterocycles. The molecule has 2 aromatic carbocycles. The maximum atomic E-state index is 14.3. The molecule has 489 valence electrons. The van der Waals surface area contributed by atoms with E-state index in [4.69, 9.17) is 31.3 Å². The number of hydrogen-bond donors (Lipinski definition) is 4. The number of ether oxygens (including phenoxy) is 5. The van der Waals surface area contributed by atoms with Crippen molar-refractivity contribution in [3.63, 3.8) is 0 Å². The van der Waals surface area contributed by atoms with Crippen molar-refractivity contribution >= 4 is 68.3 Å². The molecule has 1 radical (unpaired) electrons. The molecule has 10 atom stereocenters. The van der Waals surface area contributed by atoms with Gasteiger partial charge in [0.15, 0.2) is 5.54 Å². The maximum absolute atomic E-state index is 14.3. The van der Waals surface area contributed by atoms with Gasteiger partial charge in [0.05, 0.1) is 34.5 Å². The molecule has 2 saturated carbocycles. The van der Waals surface area contributed by atoms with Gasteiger partial charge < -0.3 is 54.5 Å². The number of aliphatic carboxylic acids is 1. The van der Waals surface area contributed by atoms with E-state index < -0.39 is 119 Å². The number of rotatable bonds is 5. The van der Waals surface area contributed by atoms with E-state index in [9.17, 15) is 57.0 Å². The van der Waals surface area contributed by atoms with Crippen molar-refractivity contribution < 1.29 is 112 Å². The molecule has 91 heavy (non-hydrogen) atoms. The topological polar surface area (TPSA) is 281 Å². The van der Waals surface area contributed by atoms with E-state index in [1.165, 1.54) is 31.7 Å². The zero-order chi connectivity index (χ0) is 66.5. The summed E-state index contributed by atoms with van der Waals surface area (Å²) in [6.45, 7) is 10.7. The van der Waals surface area contributed by atoms with Crippen molar-refractivity contribution in [2.75, 3.05) is 13.1 Å². The summed E-state index contributed by atoms with van der Waals surface area (Å²) in [6, 6.07) is 5.52. The Labute approximate surface area is 556 Å². The summed E-state index contributed by atoms with van der Waals surface area (Å²) >= 11 is 0. The number of aliphatic imine (C=N–C) groups is 1. The van der Waals surface area contributed by atoms with Crippen molar-refractivity contribution in [2.45, 2.75) is 216 Å². The number of benzene rings is 2. The van der Waals surface area contributed by atoms with E-state index in [1.54, 1.807) is 65.8 Å². The molecule has 27 heteroatoms. The Hall–Kier alpha value is -7.00. The molecule has 1 spiro atoms. The number of nitrogens with zero attached hydrogens (tertiary/aromatic N) is 5. The third-order valence-corrected chi connectivity index (χ3v) is 17.6. The van der Waals surface area contributed by atoms with Crippen molar-refractivity contribution in [1.82, 2.24) is 35.6 Å².